The zero-order valence-electron chi connectivity index (χ0n) is 11.1. The summed E-state index contributed by atoms with van der Waals surface area (Å²) in [6, 6.07) is 9.39. The third-order valence-corrected chi connectivity index (χ3v) is 3.46. The molecule has 1 aliphatic heterocycles. The maximum atomic E-state index is 3.30. The van der Waals surface area contributed by atoms with Crippen LogP contribution in [-0.2, 0) is 0 Å². The highest BCUT2D eigenvalue weighted by Gasteiger charge is 2.24. The van der Waals surface area contributed by atoms with Crippen LogP contribution in [0, 0.1) is 6.92 Å². The van der Waals surface area contributed by atoms with Crippen molar-refractivity contribution in [1.29, 1.82) is 0 Å². The third kappa shape index (κ3) is 2.99. The zero-order chi connectivity index (χ0) is 12.3. The Labute approximate surface area is 104 Å². The minimum absolute atomic E-state index is 0.570. The van der Waals surface area contributed by atoms with Crippen LogP contribution in [0.2, 0.25) is 0 Å². The van der Waals surface area contributed by atoms with E-state index in [-0.39, 0.29) is 0 Å². The lowest BCUT2D eigenvalue weighted by atomic mass is 10.1. The number of benzene rings is 1. The van der Waals surface area contributed by atoms with Gasteiger partial charge in [0.05, 0.1) is 6.04 Å². The lowest BCUT2D eigenvalue weighted by Gasteiger charge is -2.41. The molecule has 0 spiro atoms. The van der Waals surface area contributed by atoms with Gasteiger partial charge in [0.2, 0.25) is 0 Å². The summed E-state index contributed by atoms with van der Waals surface area (Å²) in [4.78, 5) is 4.94. The first-order chi connectivity index (χ1) is 8.20. The highest BCUT2D eigenvalue weighted by molar-refractivity contribution is 5.50. The maximum absolute atomic E-state index is 3.30. The summed E-state index contributed by atoms with van der Waals surface area (Å²) >= 11 is 0. The normalized spacial score (nSPS) is 21.8. The van der Waals surface area contributed by atoms with Gasteiger partial charge in [0.15, 0.2) is 0 Å². The molecule has 1 heterocycles. The smallest absolute Gasteiger partial charge is 0.0541 e. The van der Waals surface area contributed by atoms with Gasteiger partial charge in [-0.05, 0) is 38.7 Å². The van der Waals surface area contributed by atoms with E-state index in [4.69, 9.17) is 0 Å². The van der Waals surface area contributed by atoms with Gasteiger partial charge in [-0.2, -0.15) is 0 Å². The van der Waals surface area contributed by atoms with Gasteiger partial charge in [0.1, 0.15) is 0 Å². The molecule has 17 heavy (non-hydrogen) atoms. The average molecular weight is 233 g/mol. The molecular formula is C14H23N3. The summed E-state index contributed by atoms with van der Waals surface area (Å²) in [7, 11) is 4.24. The maximum Gasteiger partial charge on any atom is 0.0541 e. The fourth-order valence-electron chi connectivity index (χ4n) is 2.57. The van der Waals surface area contributed by atoms with Crippen molar-refractivity contribution in [2.24, 2.45) is 0 Å². The molecule has 0 aromatic heterocycles. The third-order valence-electron chi connectivity index (χ3n) is 3.46. The first kappa shape index (κ1) is 12.4. The molecule has 1 aromatic rings. The number of aryl methyl sites for hydroxylation is 1. The molecule has 1 fully saturated rings. The first-order valence-corrected chi connectivity index (χ1v) is 6.37. The van der Waals surface area contributed by atoms with E-state index in [1.54, 1.807) is 0 Å². The van der Waals surface area contributed by atoms with E-state index in [9.17, 15) is 0 Å². The lowest BCUT2D eigenvalue weighted by molar-refractivity contribution is 0.265. The first-order valence-electron chi connectivity index (χ1n) is 6.37. The second-order valence-corrected chi connectivity index (χ2v) is 5.01. The fraction of sp³-hybridized carbons (Fsp3) is 0.571. The van der Waals surface area contributed by atoms with Gasteiger partial charge in [0.25, 0.3) is 0 Å². The van der Waals surface area contributed by atoms with Crippen LogP contribution in [0.1, 0.15) is 5.56 Å². The Kier molecular flexibility index (Phi) is 4.02. The molecule has 1 N–H and O–H groups in total. The number of nitrogens with zero attached hydrogens (tertiary/aromatic N) is 2. The van der Waals surface area contributed by atoms with Crippen LogP contribution < -0.4 is 10.2 Å². The summed E-state index contributed by atoms with van der Waals surface area (Å²) in [5, 5.41) is 3.30. The van der Waals surface area contributed by atoms with Gasteiger partial charge in [-0.25, -0.2) is 0 Å². The quantitative estimate of drug-likeness (QED) is 0.850. The Morgan fingerprint density at radius 2 is 2.18 bits per heavy atom. The summed E-state index contributed by atoms with van der Waals surface area (Å²) < 4.78 is 0. The van der Waals surface area contributed by atoms with E-state index in [0.717, 1.165) is 26.2 Å². The number of nitrogens with one attached hydrogen (secondary N) is 1. The molecule has 1 aromatic carbocycles. The fourth-order valence-corrected chi connectivity index (χ4v) is 2.57. The summed E-state index contributed by atoms with van der Waals surface area (Å²) in [6.45, 7) is 6.60. The minimum atomic E-state index is 0.570. The molecule has 3 nitrogen and oxygen atoms in total. The van der Waals surface area contributed by atoms with E-state index in [2.05, 4.69) is 53.4 Å². The standard InChI is InChI=1S/C14H23N3/c1-12-5-4-6-13(9-12)17-8-7-16(3)11-14(17)10-15-2/h4-6,9,14-15H,7-8,10-11H2,1-3H3. The van der Waals surface area contributed by atoms with Crippen molar-refractivity contribution in [3.8, 4) is 0 Å². The molecule has 1 atom stereocenters. The molecule has 0 aliphatic carbocycles. The summed E-state index contributed by atoms with van der Waals surface area (Å²) in [6.07, 6.45) is 0. The van der Waals surface area contributed by atoms with Gasteiger partial charge in [-0.15, -0.1) is 0 Å². The second kappa shape index (κ2) is 5.52. The SMILES string of the molecule is CNCC1CN(C)CCN1c1cccc(C)c1. The van der Waals surface area contributed by atoms with E-state index in [1.807, 2.05) is 7.05 Å². The molecule has 1 aliphatic rings. The van der Waals surface area contributed by atoms with Crippen molar-refractivity contribution in [2.45, 2.75) is 13.0 Å². The van der Waals surface area contributed by atoms with Crippen molar-refractivity contribution in [2.75, 3.05) is 45.2 Å². The number of likely N-dealkylation sites (N-methyl/N-ethyl adjacent to an activating group) is 2. The van der Waals surface area contributed by atoms with Gasteiger partial charge in [-0.3, -0.25) is 0 Å². The van der Waals surface area contributed by atoms with Gasteiger partial charge < -0.3 is 15.1 Å². The predicted octanol–water partition coefficient (Wildman–Crippen LogP) is 1.33. The molecular weight excluding hydrogens is 210 g/mol. The Balaban J connectivity index is 2.17. The van der Waals surface area contributed by atoms with Crippen molar-refractivity contribution < 1.29 is 0 Å². The highest BCUT2D eigenvalue weighted by Crippen LogP contribution is 2.21. The topological polar surface area (TPSA) is 18.5 Å². The van der Waals surface area contributed by atoms with Crippen LogP contribution in [-0.4, -0.2) is 51.2 Å². The van der Waals surface area contributed by atoms with Gasteiger partial charge >= 0.3 is 0 Å². The predicted molar refractivity (Wildman–Crippen MR) is 73.7 cm³/mol. The second-order valence-electron chi connectivity index (χ2n) is 5.01. The Hall–Kier alpha value is -1.06. The Morgan fingerprint density at radius 1 is 1.35 bits per heavy atom. The molecule has 0 radical (unpaired) electrons. The molecule has 3 heteroatoms. The number of piperazine rings is 1. The molecule has 94 valence electrons. The van der Waals surface area contributed by atoms with Crippen LogP contribution in [0.5, 0.6) is 0 Å². The number of anilines is 1. The van der Waals surface area contributed by atoms with Crippen LogP contribution in [0.25, 0.3) is 0 Å². The number of rotatable bonds is 3. The Bertz CT molecular complexity index is 364. The molecule has 0 saturated carbocycles. The van der Waals surface area contributed by atoms with E-state index in [1.165, 1.54) is 11.3 Å². The largest absolute Gasteiger partial charge is 0.365 e. The Morgan fingerprint density at radius 3 is 2.88 bits per heavy atom. The van der Waals surface area contributed by atoms with Crippen LogP contribution in [0.4, 0.5) is 5.69 Å². The summed E-state index contributed by atoms with van der Waals surface area (Å²) in [5.74, 6) is 0. The number of hydrogen-bond donors (Lipinski definition) is 1. The van der Waals surface area contributed by atoms with Crippen LogP contribution >= 0.6 is 0 Å². The molecule has 0 amide bonds. The molecule has 1 saturated heterocycles. The highest BCUT2D eigenvalue weighted by atomic mass is 15.3. The zero-order valence-corrected chi connectivity index (χ0v) is 11.1. The minimum Gasteiger partial charge on any atom is -0.365 e. The number of hydrogen-bond acceptors (Lipinski definition) is 3. The van der Waals surface area contributed by atoms with Crippen LogP contribution in [0.15, 0.2) is 24.3 Å². The van der Waals surface area contributed by atoms with Crippen LogP contribution in [0.3, 0.4) is 0 Å². The van der Waals surface area contributed by atoms with Crippen molar-refractivity contribution >= 4 is 5.69 Å². The van der Waals surface area contributed by atoms with Crippen molar-refractivity contribution in [1.82, 2.24) is 10.2 Å². The monoisotopic (exact) mass is 233 g/mol. The molecule has 0 bridgehead atoms. The lowest BCUT2D eigenvalue weighted by Crippen LogP contribution is -2.55. The molecule has 1 unspecified atom stereocenters. The van der Waals surface area contributed by atoms with Crippen molar-refractivity contribution in [3.05, 3.63) is 29.8 Å². The van der Waals surface area contributed by atoms with Crippen molar-refractivity contribution in [3.63, 3.8) is 0 Å². The van der Waals surface area contributed by atoms with E-state index in [0.29, 0.717) is 6.04 Å². The average Bonchev–Trinajstić information content (AvgIpc) is 2.29. The van der Waals surface area contributed by atoms with Gasteiger partial charge in [0, 0.05) is 31.9 Å². The van der Waals surface area contributed by atoms with Gasteiger partial charge in [-0.1, -0.05) is 12.1 Å². The van der Waals surface area contributed by atoms with E-state index >= 15 is 0 Å². The van der Waals surface area contributed by atoms with E-state index < -0.39 is 0 Å². The summed E-state index contributed by atoms with van der Waals surface area (Å²) in [5.41, 5.74) is 2.70. The molecule has 2 rings (SSSR count).